The van der Waals surface area contributed by atoms with Crippen LogP contribution in [0.25, 0.3) is 0 Å². The van der Waals surface area contributed by atoms with Crippen LogP contribution >= 0.6 is 0 Å². The van der Waals surface area contributed by atoms with Gasteiger partial charge < -0.3 is 15.3 Å². The fourth-order valence-corrected chi connectivity index (χ4v) is 2.83. The Morgan fingerprint density at radius 2 is 2.24 bits per heavy atom. The third-order valence-electron chi connectivity index (χ3n) is 4.21. The van der Waals surface area contributed by atoms with Crippen LogP contribution in [-0.4, -0.2) is 35.8 Å². The van der Waals surface area contributed by atoms with Gasteiger partial charge >= 0.3 is 0 Å². The normalized spacial score (nSPS) is 15.0. The fourth-order valence-electron chi connectivity index (χ4n) is 2.83. The Morgan fingerprint density at radius 1 is 1.43 bits per heavy atom. The van der Waals surface area contributed by atoms with Gasteiger partial charge in [-0.25, -0.2) is 4.98 Å². The van der Waals surface area contributed by atoms with Gasteiger partial charge in [0.05, 0.1) is 0 Å². The molecule has 2 N–H and O–H groups in total. The van der Waals surface area contributed by atoms with Gasteiger partial charge in [0.2, 0.25) is 0 Å². The summed E-state index contributed by atoms with van der Waals surface area (Å²) in [7, 11) is 0. The van der Waals surface area contributed by atoms with E-state index in [0.29, 0.717) is 6.04 Å². The van der Waals surface area contributed by atoms with Crippen molar-refractivity contribution in [1.82, 2.24) is 10.3 Å². The van der Waals surface area contributed by atoms with Crippen LogP contribution in [0.4, 0.5) is 5.82 Å². The van der Waals surface area contributed by atoms with Gasteiger partial charge in [-0.15, -0.1) is 0 Å². The topological polar surface area (TPSA) is 48.4 Å². The van der Waals surface area contributed by atoms with Gasteiger partial charge in [-0.3, -0.25) is 0 Å². The maximum Gasteiger partial charge on any atom is 0.131 e. The molecule has 0 unspecified atom stereocenters. The lowest BCUT2D eigenvalue weighted by molar-refractivity contribution is 0.282. The van der Waals surface area contributed by atoms with Gasteiger partial charge in [-0.05, 0) is 62.8 Å². The first-order chi connectivity index (χ1) is 10.3. The summed E-state index contributed by atoms with van der Waals surface area (Å²) in [5.41, 5.74) is 2.50. The van der Waals surface area contributed by atoms with E-state index in [9.17, 15) is 0 Å². The van der Waals surface area contributed by atoms with Gasteiger partial charge in [-0.2, -0.15) is 0 Å². The zero-order valence-electron chi connectivity index (χ0n) is 13.4. The highest BCUT2D eigenvalue weighted by Crippen LogP contribution is 2.30. The van der Waals surface area contributed by atoms with Crippen molar-refractivity contribution in [2.45, 2.75) is 58.5 Å². The molecule has 1 aliphatic rings. The molecule has 0 amide bonds. The summed E-state index contributed by atoms with van der Waals surface area (Å²) < 4.78 is 0. The second-order valence-electron chi connectivity index (χ2n) is 6.02. The van der Waals surface area contributed by atoms with E-state index in [2.05, 4.69) is 30.1 Å². The first kappa shape index (κ1) is 16.2. The minimum Gasteiger partial charge on any atom is -0.396 e. The predicted molar refractivity (Wildman–Crippen MR) is 87.7 cm³/mol. The van der Waals surface area contributed by atoms with Crippen LogP contribution in [0.5, 0.6) is 0 Å². The van der Waals surface area contributed by atoms with Crippen LogP contribution in [-0.2, 0) is 6.54 Å². The number of pyridine rings is 1. The van der Waals surface area contributed by atoms with Crippen molar-refractivity contribution in [3.05, 3.63) is 23.4 Å². The Bertz CT molecular complexity index is 432. The van der Waals surface area contributed by atoms with Crippen LogP contribution in [0.1, 0.15) is 50.2 Å². The highest BCUT2D eigenvalue weighted by Gasteiger charge is 2.26. The molecule has 118 valence electrons. The maximum absolute atomic E-state index is 9.11. The smallest absolute Gasteiger partial charge is 0.131 e. The van der Waals surface area contributed by atoms with Gasteiger partial charge in [0, 0.05) is 31.9 Å². The van der Waals surface area contributed by atoms with Crippen molar-refractivity contribution in [3.63, 3.8) is 0 Å². The van der Waals surface area contributed by atoms with E-state index in [4.69, 9.17) is 10.1 Å². The second kappa shape index (κ2) is 8.35. The first-order valence-electron chi connectivity index (χ1n) is 8.30. The third kappa shape index (κ3) is 4.42. The van der Waals surface area contributed by atoms with Crippen molar-refractivity contribution in [3.8, 4) is 0 Å². The molecule has 0 radical (unpaired) electrons. The summed E-state index contributed by atoms with van der Waals surface area (Å²) in [6.07, 6.45) is 7.80. The fraction of sp³-hybridized carbons (Fsp3) is 0.706. The zero-order valence-corrected chi connectivity index (χ0v) is 13.4. The first-order valence-corrected chi connectivity index (χ1v) is 8.30. The molecule has 2 rings (SSSR count). The minimum atomic E-state index is 0.251. The molecule has 4 nitrogen and oxygen atoms in total. The van der Waals surface area contributed by atoms with Crippen molar-refractivity contribution >= 4 is 5.82 Å². The van der Waals surface area contributed by atoms with E-state index >= 15 is 0 Å². The van der Waals surface area contributed by atoms with Crippen LogP contribution in [0, 0.1) is 6.92 Å². The van der Waals surface area contributed by atoms with Gasteiger partial charge in [-0.1, -0.05) is 6.92 Å². The highest BCUT2D eigenvalue weighted by atomic mass is 16.3. The van der Waals surface area contributed by atoms with E-state index in [1.54, 1.807) is 0 Å². The van der Waals surface area contributed by atoms with Crippen LogP contribution in [0.3, 0.4) is 0 Å². The summed E-state index contributed by atoms with van der Waals surface area (Å²) in [4.78, 5) is 7.12. The number of anilines is 1. The summed E-state index contributed by atoms with van der Waals surface area (Å²) >= 11 is 0. The van der Waals surface area contributed by atoms with Gasteiger partial charge in [0.15, 0.2) is 0 Å². The Hall–Kier alpha value is -1.13. The molecule has 0 aliphatic heterocycles. The minimum absolute atomic E-state index is 0.251. The molecule has 1 aliphatic carbocycles. The lowest BCUT2D eigenvalue weighted by Crippen LogP contribution is -2.42. The summed E-state index contributed by atoms with van der Waals surface area (Å²) in [5.74, 6) is 1.10. The predicted octanol–water partition coefficient (Wildman–Crippen LogP) is 2.63. The number of nitrogens with zero attached hydrogens (tertiary/aromatic N) is 2. The van der Waals surface area contributed by atoms with Crippen LogP contribution < -0.4 is 10.2 Å². The zero-order chi connectivity index (χ0) is 15.1. The number of hydrogen-bond donors (Lipinski definition) is 2. The summed E-state index contributed by atoms with van der Waals surface area (Å²) in [6, 6.07) is 2.86. The van der Waals surface area contributed by atoms with E-state index in [1.807, 2.05) is 6.20 Å². The van der Waals surface area contributed by atoms with Crippen LogP contribution in [0.15, 0.2) is 12.3 Å². The number of nitrogens with one attached hydrogen (secondary N) is 1. The van der Waals surface area contributed by atoms with Gasteiger partial charge in [0.1, 0.15) is 5.82 Å². The molecule has 0 saturated heterocycles. The average Bonchev–Trinajstić information content (AvgIpc) is 2.42. The standard InChI is InChI=1S/C17H29N3O/c1-3-8-18-12-15-11-14(2)17(19-13-15)20(9-5-10-21)16-6-4-7-16/h11,13,16,18,21H,3-10,12H2,1-2H3. The lowest BCUT2D eigenvalue weighted by Gasteiger charge is -2.39. The highest BCUT2D eigenvalue weighted by molar-refractivity contribution is 5.48. The molecule has 21 heavy (non-hydrogen) atoms. The maximum atomic E-state index is 9.11. The summed E-state index contributed by atoms with van der Waals surface area (Å²) in [5, 5.41) is 12.5. The molecule has 0 bridgehead atoms. The monoisotopic (exact) mass is 291 g/mol. The Morgan fingerprint density at radius 3 is 2.81 bits per heavy atom. The molecule has 0 spiro atoms. The third-order valence-corrected chi connectivity index (χ3v) is 4.21. The number of aryl methyl sites for hydroxylation is 1. The van der Waals surface area contributed by atoms with Crippen molar-refractivity contribution < 1.29 is 5.11 Å². The largest absolute Gasteiger partial charge is 0.396 e. The molecular formula is C17H29N3O. The quantitative estimate of drug-likeness (QED) is 0.687. The molecule has 1 aromatic rings. The number of aliphatic hydroxyl groups is 1. The molecule has 1 aromatic heterocycles. The molecule has 0 aromatic carbocycles. The van der Waals surface area contributed by atoms with Crippen LogP contribution in [0.2, 0.25) is 0 Å². The lowest BCUT2D eigenvalue weighted by atomic mass is 9.91. The van der Waals surface area contributed by atoms with E-state index in [1.165, 1.54) is 30.4 Å². The van der Waals surface area contributed by atoms with E-state index < -0.39 is 0 Å². The summed E-state index contributed by atoms with van der Waals surface area (Å²) in [6.45, 7) is 7.42. The van der Waals surface area contributed by atoms with E-state index in [-0.39, 0.29) is 6.61 Å². The molecule has 1 saturated carbocycles. The van der Waals surface area contributed by atoms with Crippen molar-refractivity contribution in [2.75, 3.05) is 24.6 Å². The number of aliphatic hydroxyl groups excluding tert-OH is 1. The second-order valence-corrected chi connectivity index (χ2v) is 6.02. The van der Waals surface area contributed by atoms with E-state index in [0.717, 1.165) is 38.3 Å². The van der Waals surface area contributed by atoms with Crippen molar-refractivity contribution in [2.24, 2.45) is 0 Å². The number of rotatable bonds is 9. The Balaban J connectivity index is 2.05. The number of hydrogen-bond acceptors (Lipinski definition) is 4. The van der Waals surface area contributed by atoms with Crippen molar-refractivity contribution in [1.29, 1.82) is 0 Å². The van der Waals surface area contributed by atoms with Gasteiger partial charge in [0.25, 0.3) is 0 Å². The molecule has 1 heterocycles. The molecule has 1 fully saturated rings. The Kier molecular flexibility index (Phi) is 6.46. The number of aromatic nitrogens is 1. The molecular weight excluding hydrogens is 262 g/mol. The average molecular weight is 291 g/mol. The molecule has 0 atom stereocenters. The Labute approximate surface area is 128 Å². The molecule has 4 heteroatoms. The SMILES string of the molecule is CCCNCc1cnc(N(CCCO)C2CCC2)c(C)c1.